The SMILES string of the molecule is CCN(CC(=O)NC(C)(C)C)C(=O)CCc1c(C)nc2nc(C(F)(F)F)nn2c1C. The molecule has 0 aliphatic carbocycles. The minimum absolute atomic E-state index is 0.0557. The Bertz CT molecular complexity index is 946. The van der Waals surface area contributed by atoms with Gasteiger partial charge in [-0.15, -0.1) is 5.10 Å². The van der Waals surface area contributed by atoms with Crippen LogP contribution in [0, 0.1) is 13.8 Å². The predicted octanol–water partition coefficient (Wildman–Crippen LogP) is 2.46. The summed E-state index contributed by atoms with van der Waals surface area (Å²) in [5.74, 6) is -1.88. The first-order valence-electron chi connectivity index (χ1n) is 9.61. The van der Waals surface area contributed by atoms with Crippen molar-refractivity contribution in [3.8, 4) is 0 Å². The van der Waals surface area contributed by atoms with Crippen LogP contribution in [0.2, 0.25) is 0 Å². The Balaban J connectivity index is 2.15. The molecule has 2 rings (SSSR count). The fraction of sp³-hybridized carbons (Fsp3) is 0.632. The van der Waals surface area contributed by atoms with E-state index in [1.165, 1.54) is 4.90 Å². The zero-order chi connectivity index (χ0) is 22.9. The lowest BCUT2D eigenvalue weighted by atomic mass is 10.1. The van der Waals surface area contributed by atoms with E-state index in [2.05, 4.69) is 20.4 Å². The zero-order valence-electron chi connectivity index (χ0n) is 18.0. The van der Waals surface area contributed by atoms with Crippen LogP contribution in [-0.4, -0.2) is 54.9 Å². The molecular weight excluding hydrogens is 401 g/mol. The first-order valence-corrected chi connectivity index (χ1v) is 9.61. The summed E-state index contributed by atoms with van der Waals surface area (Å²) < 4.78 is 39.7. The minimum atomic E-state index is -4.67. The van der Waals surface area contributed by atoms with Crippen LogP contribution in [0.25, 0.3) is 5.78 Å². The summed E-state index contributed by atoms with van der Waals surface area (Å²) >= 11 is 0. The van der Waals surface area contributed by atoms with E-state index in [0.29, 0.717) is 23.5 Å². The molecule has 0 aromatic carbocycles. The molecule has 1 N–H and O–H groups in total. The molecule has 2 aromatic rings. The van der Waals surface area contributed by atoms with E-state index < -0.39 is 17.5 Å². The summed E-state index contributed by atoms with van der Waals surface area (Å²) in [5.41, 5.74) is 1.16. The number of aryl methyl sites for hydroxylation is 2. The van der Waals surface area contributed by atoms with Gasteiger partial charge in [0.2, 0.25) is 11.8 Å². The molecule has 30 heavy (non-hydrogen) atoms. The summed E-state index contributed by atoms with van der Waals surface area (Å²) in [6, 6.07) is 0. The summed E-state index contributed by atoms with van der Waals surface area (Å²) in [6.45, 7) is 10.9. The monoisotopic (exact) mass is 428 g/mol. The topological polar surface area (TPSA) is 92.5 Å². The Morgan fingerprint density at radius 1 is 1.13 bits per heavy atom. The third-order valence-electron chi connectivity index (χ3n) is 4.47. The molecule has 0 saturated heterocycles. The number of hydrogen-bond donors (Lipinski definition) is 1. The smallest absolute Gasteiger partial charge is 0.350 e. The van der Waals surface area contributed by atoms with E-state index in [4.69, 9.17) is 0 Å². The fourth-order valence-corrected chi connectivity index (χ4v) is 3.09. The van der Waals surface area contributed by atoms with Gasteiger partial charge in [0.25, 0.3) is 11.6 Å². The quantitative estimate of drug-likeness (QED) is 0.763. The van der Waals surface area contributed by atoms with Crippen LogP contribution in [0.1, 0.15) is 56.9 Å². The van der Waals surface area contributed by atoms with E-state index in [0.717, 1.165) is 4.52 Å². The molecule has 2 amide bonds. The van der Waals surface area contributed by atoms with Crippen molar-refractivity contribution in [2.24, 2.45) is 0 Å². The van der Waals surface area contributed by atoms with Gasteiger partial charge in [0, 0.05) is 29.9 Å². The third kappa shape index (κ3) is 5.67. The van der Waals surface area contributed by atoms with Crippen molar-refractivity contribution in [2.45, 2.75) is 66.1 Å². The number of amides is 2. The highest BCUT2D eigenvalue weighted by molar-refractivity contribution is 5.85. The molecule has 0 atom stereocenters. The van der Waals surface area contributed by atoms with Crippen LogP contribution in [-0.2, 0) is 22.2 Å². The normalized spacial score (nSPS) is 12.3. The van der Waals surface area contributed by atoms with Gasteiger partial charge in [0.05, 0.1) is 6.54 Å². The number of alkyl halides is 3. The average Bonchev–Trinajstić information content (AvgIpc) is 3.02. The van der Waals surface area contributed by atoms with E-state index >= 15 is 0 Å². The Labute approximate surface area is 172 Å². The summed E-state index contributed by atoms with van der Waals surface area (Å²) in [4.78, 5) is 33.7. The minimum Gasteiger partial charge on any atom is -0.350 e. The lowest BCUT2D eigenvalue weighted by molar-refractivity contribution is -0.144. The molecule has 0 aliphatic heterocycles. The number of nitrogens with one attached hydrogen (secondary N) is 1. The number of hydrogen-bond acceptors (Lipinski definition) is 5. The average molecular weight is 428 g/mol. The van der Waals surface area contributed by atoms with Crippen LogP contribution in [0.5, 0.6) is 0 Å². The Kier molecular flexibility index (Phi) is 6.73. The van der Waals surface area contributed by atoms with Crippen molar-refractivity contribution in [3.05, 3.63) is 22.8 Å². The van der Waals surface area contributed by atoms with Crippen molar-refractivity contribution in [2.75, 3.05) is 13.1 Å². The van der Waals surface area contributed by atoms with Crippen molar-refractivity contribution in [1.82, 2.24) is 29.8 Å². The van der Waals surface area contributed by atoms with E-state index in [-0.39, 0.29) is 37.0 Å². The fourth-order valence-electron chi connectivity index (χ4n) is 3.09. The van der Waals surface area contributed by atoms with Crippen LogP contribution in [0.3, 0.4) is 0 Å². The lowest BCUT2D eigenvalue weighted by Crippen LogP contribution is -2.47. The summed E-state index contributed by atoms with van der Waals surface area (Å²) in [5, 5.41) is 6.32. The molecule has 2 aromatic heterocycles. The Hall–Kier alpha value is -2.72. The highest BCUT2D eigenvalue weighted by atomic mass is 19.4. The highest BCUT2D eigenvalue weighted by Gasteiger charge is 2.37. The van der Waals surface area contributed by atoms with Gasteiger partial charge in [-0.2, -0.15) is 18.2 Å². The number of halogens is 3. The molecule has 0 aliphatic rings. The van der Waals surface area contributed by atoms with E-state index in [1.54, 1.807) is 20.8 Å². The molecule has 0 bridgehead atoms. The number of aromatic nitrogens is 4. The summed E-state index contributed by atoms with van der Waals surface area (Å²) in [6.07, 6.45) is -4.32. The maximum Gasteiger partial charge on any atom is 0.453 e. The second kappa shape index (κ2) is 8.57. The van der Waals surface area contributed by atoms with Crippen LogP contribution < -0.4 is 5.32 Å². The third-order valence-corrected chi connectivity index (χ3v) is 4.47. The van der Waals surface area contributed by atoms with Gasteiger partial charge in [-0.25, -0.2) is 9.50 Å². The molecule has 0 saturated carbocycles. The van der Waals surface area contributed by atoms with Gasteiger partial charge in [-0.3, -0.25) is 9.59 Å². The second-order valence-corrected chi connectivity index (χ2v) is 8.11. The van der Waals surface area contributed by atoms with Crippen molar-refractivity contribution in [1.29, 1.82) is 0 Å². The molecule has 0 spiro atoms. The lowest BCUT2D eigenvalue weighted by Gasteiger charge is -2.25. The summed E-state index contributed by atoms with van der Waals surface area (Å²) in [7, 11) is 0. The van der Waals surface area contributed by atoms with Gasteiger partial charge in [-0.05, 0) is 53.5 Å². The number of likely N-dealkylation sites (N-methyl/N-ethyl adjacent to an activating group) is 1. The highest BCUT2D eigenvalue weighted by Crippen LogP contribution is 2.27. The van der Waals surface area contributed by atoms with Gasteiger partial charge in [0.15, 0.2) is 0 Å². The maximum atomic E-state index is 12.9. The number of fused-ring (bicyclic) bond motifs is 1. The largest absolute Gasteiger partial charge is 0.453 e. The Morgan fingerprint density at radius 2 is 1.77 bits per heavy atom. The predicted molar refractivity (Wildman–Crippen MR) is 104 cm³/mol. The van der Waals surface area contributed by atoms with Crippen molar-refractivity contribution < 1.29 is 22.8 Å². The van der Waals surface area contributed by atoms with Gasteiger partial charge in [0.1, 0.15) is 0 Å². The molecule has 2 heterocycles. The second-order valence-electron chi connectivity index (χ2n) is 8.11. The van der Waals surface area contributed by atoms with Crippen molar-refractivity contribution >= 4 is 17.6 Å². The molecular formula is C19H27F3N6O2. The molecule has 166 valence electrons. The van der Waals surface area contributed by atoms with Gasteiger partial charge >= 0.3 is 6.18 Å². The number of nitrogens with zero attached hydrogens (tertiary/aromatic N) is 5. The van der Waals surface area contributed by atoms with Gasteiger partial charge < -0.3 is 10.2 Å². The standard InChI is InChI=1S/C19H27F3N6O2/c1-7-27(10-14(29)25-18(4,5)6)15(30)9-8-13-11(2)23-17-24-16(19(20,21)22)26-28(17)12(13)3/h7-10H2,1-6H3,(H,25,29). The van der Waals surface area contributed by atoms with E-state index in [9.17, 15) is 22.8 Å². The first kappa shape index (κ1) is 23.6. The molecule has 11 heteroatoms. The van der Waals surface area contributed by atoms with Crippen LogP contribution in [0.4, 0.5) is 13.2 Å². The Morgan fingerprint density at radius 3 is 2.30 bits per heavy atom. The van der Waals surface area contributed by atoms with Gasteiger partial charge in [-0.1, -0.05) is 0 Å². The van der Waals surface area contributed by atoms with Crippen LogP contribution in [0.15, 0.2) is 0 Å². The van der Waals surface area contributed by atoms with E-state index in [1.807, 2.05) is 20.8 Å². The maximum absolute atomic E-state index is 12.9. The molecule has 8 nitrogen and oxygen atoms in total. The van der Waals surface area contributed by atoms with Crippen molar-refractivity contribution in [3.63, 3.8) is 0 Å². The number of carbonyl (C=O) groups excluding carboxylic acids is 2. The van der Waals surface area contributed by atoms with Crippen LogP contribution >= 0.6 is 0 Å². The zero-order valence-corrected chi connectivity index (χ0v) is 18.0. The number of rotatable bonds is 6. The molecule has 0 unspecified atom stereocenters. The number of carbonyl (C=O) groups is 2. The molecule has 0 radical (unpaired) electrons. The first-order chi connectivity index (χ1) is 13.7. The molecule has 0 fully saturated rings.